The van der Waals surface area contributed by atoms with Gasteiger partial charge in [0.15, 0.2) is 5.58 Å². The van der Waals surface area contributed by atoms with Crippen molar-refractivity contribution in [1.82, 2.24) is 9.88 Å². The summed E-state index contributed by atoms with van der Waals surface area (Å²) < 4.78 is 19.0. The molecule has 4 rings (SSSR count). The van der Waals surface area contributed by atoms with Gasteiger partial charge in [0.1, 0.15) is 11.3 Å². The van der Waals surface area contributed by atoms with Gasteiger partial charge in [-0.3, -0.25) is 4.90 Å². The smallest absolute Gasteiger partial charge is 0.222 e. The molecule has 134 valence electrons. The number of rotatable bonds is 4. The summed E-state index contributed by atoms with van der Waals surface area (Å²) in [5, 5.41) is 0. The highest BCUT2D eigenvalue weighted by molar-refractivity contribution is 5.77. The molecule has 4 heteroatoms. The van der Waals surface area contributed by atoms with Crippen molar-refractivity contribution in [2.45, 2.75) is 32.7 Å². The van der Waals surface area contributed by atoms with Crippen molar-refractivity contribution in [3.8, 4) is 0 Å². The van der Waals surface area contributed by atoms with Crippen LogP contribution < -0.4 is 0 Å². The number of oxazole rings is 1. The molecule has 1 aliphatic heterocycles. The fourth-order valence-corrected chi connectivity index (χ4v) is 3.34. The first-order valence-electron chi connectivity index (χ1n) is 9.15. The van der Waals surface area contributed by atoms with E-state index >= 15 is 0 Å². The summed E-state index contributed by atoms with van der Waals surface area (Å²) in [4.78, 5) is 7.05. The van der Waals surface area contributed by atoms with Crippen molar-refractivity contribution in [1.29, 1.82) is 0 Å². The van der Waals surface area contributed by atoms with Gasteiger partial charge in [0.05, 0.1) is 0 Å². The van der Waals surface area contributed by atoms with E-state index in [4.69, 9.17) is 9.40 Å². The van der Waals surface area contributed by atoms with Crippen LogP contribution in [0.15, 0.2) is 53.0 Å². The van der Waals surface area contributed by atoms with Crippen molar-refractivity contribution < 1.29 is 8.81 Å². The predicted molar refractivity (Wildman–Crippen MR) is 102 cm³/mol. The van der Waals surface area contributed by atoms with E-state index in [2.05, 4.69) is 37.0 Å². The van der Waals surface area contributed by atoms with E-state index in [0.717, 1.165) is 48.6 Å². The van der Waals surface area contributed by atoms with Gasteiger partial charge in [-0.25, -0.2) is 9.37 Å². The van der Waals surface area contributed by atoms with Crippen molar-refractivity contribution in [2.75, 3.05) is 13.1 Å². The summed E-state index contributed by atoms with van der Waals surface area (Å²) in [5.74, 6) is 1.03. The third-order valence-corrected chi connectivity index (χ3v) is 4.97. The second-order valence-electron chi connectivity index (χ2n) is 7.24. The zero-order valence-corrected chi connectivity index (χ0v) is 15.2. The maximum Gasteiger partial charge on any atom is 0.222 e. The highest BCUT2D eigenvalue weighted by Crippen LogP contribution is 2.28. The number of halogens is 1. The summed E-state index contributed by atoms with van der Waals surface area (Å²) in [6.07, 6.45) is 3.10. The third-order valence-electron chi connectivity index (χ3n) is 4.97. The summed E-state index contributed by atoms with van der Waals surface area (Å²) in [7, 11) is 0. The lowest BCUT2D eigenvalue weighted by atomic mass is 10.0. The van der Waals surface area contributed by atoms with E-state index in [1.807, 2.05) is 18.2 Å². The molecule has 0 fully saturated rings. The highest BCUT2D eigenvalue weighted by atomic mass is 19.1. The third kappa shape index (κ3) is 3.56. The summed E-state index contributed by atoms with van der Waals surface area (Å²) >= 11 is 0. The zero-order chi connectivity index (χ0) is 18.1. The number of nitrogens with zero attached hydrogens (tertiary/aromatic N) is 2. The van der Waals surface area contributed by atoms with Gasteiger partial charge in [-0.05, 0) is 47.7 Å². The average Bonchev–Trinajstić information content (AvgIpc) is 3.07. The molecule has 0 radical (unpaired) electrons. The Morgan fingerprint density at radius 3 is 2.65 bits per heavy atom. The van der Waals surface area contributed by atoms with Crippen LogP contribution in [0, 0.1) is 5.82 Å². The fourth-order valence-electron chi connectivity index (χ4n) is 3.34. The molecule has 0 amide bonds. The Balaban J connectivity index is 1.48. The Kier molecular flexibility index (Phi) is 4.60. The molecule has 0 N–H and O–H groups in total. The minimum Gasteiger partial charge on any atom is -0.436 e. The molecule has 1 aliphatic rings. The largest absolute Gasteiger partial charge is 0.436 e. The highest BCUT2D eigenvalue weighted by Gasteiger charge is 2.17. The molecule has 2 heterocycles. The van der Waals surface area contributed by atoms with Crippen LogP contribution in [0.25, 0.3) is 16.7 Å². The van der Waals surface area contributed by atoms with Crippen LogP contribution in [0.1, 0.15) is 43.2 Å². The second kappa shape index (κ2) is 7.04. The van der Waals surface area contributed by atoms with E-state index in [0.29, 0.717) is 5.92 Å². The predicted octanol–water partition coefficient (Wildman–Crippen LogP) is 5.38. The Morgan fingerprint density at radius 1 is 1.15 bits per heavy atom. The molecule has 0 saturated heterocycles. The number of fused-ring (bicyclic) bond motifs is 1. The van der Waals surface area contributed by atoms with E-state index in [-0.39, 0.29) is 5.82 Å². The first kappa shape index (κ1) is 17.0. The average molecular weight is 350 g/mol. The van der Waals surface area contributed by atoms with Crippen LogP contribution in [0.3, 0.4) is 0 Å². The number of hydrogen-bond acceptors (Lipinski definition) is 3. The lowest BCUT2D eigenvalue weighted by molar-refractivity contribution is 0.292. The van der Waals surface area contributed by atoms with Crippen LogP contribution in [0.5, 0.6) is 0 Å². The van der Waals surface area contributed by atoms with Crippen LogP contribution in [0.2, 0.25) is 0 Å². The van der Waals surface area contributed by atoms with Gasteiger partial charge in [0.2, 0.25) is 5.89 Å². The number of hydrogen-bond donors (Lipinski definition) is 0. The molecule has 0 unspecified atom stereocenters. The maximum atomic E-state index is 13.0. The molecule has 0 saturated carbocycles. The Morgan fingerprint density at radius 2 is 1.96 bits per heavy atom. The van der Waals surface area contributed by atoms with Gasteiger partial charge >= 0.3 is 0 Å². The molecular weight excluding hydrogens is 327 g/mol. The minimum atomic E-state index is -0.189. The van der Waals surface area contributed by atoms with Gasteiger partial charge in [-0.1, -0.05) is 38.1 Å². The Bertz CT molecular complexity index is 940. The van der Waals surface area contributed by atoms with Gasteiger partial charge in [0.25, 0.3) is 0 Å². The second-order valence-corrected chi connectivity index (χ2v) is 7.24. The van der Waals surface area contributed by atoms with Gasteiger partial charge in [-0.15, -0.1) is 0 Å². The number of aromatic nitrogens is 1. The Hall–Kier alpha value is -2.46. The zero-order valence-electron chi connectivity index (χ0n) is 15.2. The topological polar surface area (TPSA) is 29.3 Å². The van der Waals surface area contributed by atoms with Crippen LogP contribution in [0.4, 0.5) is 4.39 Å². The first-order chi connectivity index (χ1) is 12.6. The lowest BCUT2D eigenvalue weighted by Crippen LogP contribution is -2.28. The standard InChI is InChI=1S/C22H23FN2O/c1-15(2)18-5-8-21-20(13-18)24-22(26-21)17-9-11-25(12-10-17)14-16-3-6-19(23)7-4-16/h3-9,13,15H,10-12,14H2,1-2H3. The molecule has 0 atom stereocenters. The quantitative estimate of drug-likeness (QED) is 0.633. The van der Waals surface area contributed by atoms with Gasteiger partial charge in [0, 0.05) is 25.2 Å². The molecule has 0 bridgehead atoms. The SMILES string of the molecule is CC(C)c1ccc2oc(C3=CCN(Cc4ccc(F)cc4)CC3)nc2c1. The molecule has 1 aromatic heterocycles. The van der Waals surface area contributed by atoms with Gasteiger partial charge < -0.3 is 4.42 Å². The van der Waals surface area contributed by atoms with Crippen LogP contribution in [-0.4, -0.2) is 23.0 Å². The van der Waals surface area contributed by atoms with Crippen molar-refractivity contribution in [3.05, 3.63) is 71.4 Å². The molecule has 2 aromatic carbocycles. The summed E-state index contributed by atoms with van der Waals surface area (Å²) in [5.41, 5.74) is 5.36. The van der Waals surface area contributed by atoms with Crippen molar-refractivity contribution in [2.24, 2.45) is 0 Å². The van der Waals surface area contributed by atoms with Crippen molar-refractivity contribution in [3.63, 3.8) is 0 Å². The minimum absolute atomic E-state index is 0.189. The number of benzene rings is 2. The van der Waals surface area contributed by atoms with Crippen molar-refractivity contribution >= 4 is 16.7 Å². The van der Waals surface area contributed by atoms with E-state index in [9.17, 15) is 4.39 Å². The summed E-state index contributed by atoms with van der Waals surface area (Å²) in [6.45, 7) is 6.99. The molecule has 3 aromatic rings. The lowest BCUT2D eigenvalue weighted by Gasteiger charge is -2.25. The van der Waals surface area contributed by atoms with E-state index in [1.54, 1.807) is 0 Å². The van der Waals surface area contributed by atoms with E-state index in [1.165, 1.54) is 23.3 Å². The maximum absolute atomic E-state index is 13.0. The molecule has 26 heavy (non-hydrogen) atoms. The monoisotopic (exact) mass is 350 g/mol. The van der Waals surface area contributed by atoms with Crippen LogP contribution >= 0.6 is 0 Å². The summed E-state index contributed by atoms with van der Waals surface area (Å²) in [6, 6.07) is 13.0. The fraction of sp³-hybridized carbons (Fsp3) is 0.318. The molecule has 3 nitrogen and oxygen atoms in total. The molecular formula is C22H23FN2O. The first-order valence-corrected chi connectivity index (χ1v) is 9.15. The molecule has 0 spiro atoms. The van der Waals surface area contributed by atoms with Crippen LogP contribution in [-0.2, 0) is 6.54 Å². The van der Waals surface area contributed by atoms with Gasteiger partial charge in [-0.2, -0.15) is 0 Å². The van der Waals surface area contributed by atoms with E-state index < -0.39 is 0 Å². The Labute approximate surface area is 153 Å². The molecule has 0 aliphatic carbocycles. The normalized spacial score (nSPS) is 15.6.